The first kappa shape index (κ1) is 18.3. The first-order chi connectivity index (χ1) is 13.0. The fourth-order valence-corrected chi connectivity index (χ4v) is 7.30. The molecule has 138 valence electrons. The van der Waals surface area contributed by atoms with Crippen LogP contribution in [0.5, 0.6) is 5.75 Å². The van der Waals surface area contributed by atoms with Crippen molar-refractivity contribution in [3.63, 3.8) is 0 Å². The maximum absolute atomic E-state index is 12.3. The van der Waals surface area contributed by atoms with Gasteiger partial charge in [0.25, 0.3) is 0 Å². The third-order valence-corrected chi connectivity index (χ3v) is 8.57. The molecular formula is C22H22AsNO2S. The molecule has 0 bridgehead atoms. The Morgan fingerprint density at radius 3 is 2.56 bits per heavy atom. The van der Waals surface area contributed by atoms with E-state index in [1.807, 2.05) is 11.4 Å². The summed E-state index contributed by atoms with van der Waals surface area (Å²) in [6.07, 6.45) is 0. The van der Waals surface area contributed by atoms with Gasteiger partial charge in [-0.1, -0.05) is 0 Å². The van der Waals surface area contributed by atoms with Gasteiger partial charge >= 0.3 is 167 Å². The van der Waals surface area contributed by atoms with E-state index in [0.717, 1.165) is 27.4 Å². The van der Waals surface area contributed by atoms with Gasteiger partial charge < -0.3 is 0 Å². The zero-order valence-corrected chi connectivity index (χ0v) is 18.3. The zero-order valence-electron chi connectivity index (χ0n) is 15.6. The van der Waals surface area contributed by atoms with Crippen molar-refractivity contribution in [1.82, 2.24) is 4.98 Å². The van der Waals surface area contributed by atoms with Crippen LogP contribution in [0.2, 0.25) is 16.6 Å². The number of phenols is 1. The number of phenolic OH excluding ortho intramolecular Hbond substituents is 1. The van der Waals surface area contributed by atoms with Gasteiger partial charge in [0.15, 0.2) is 0 Å². The van der Waals surface area contributed by atoms with Crippen LogP contribution in [-0.4, -0.2) is 24.7 Å². The number of fused-ring (bicyclic) bond motifs is 3. The number of pyridine rings is 1. The summed E-state index contributed by atoms with van der Waals surface area (Å²) in [5.74, 6) is 0.799. The Morgan fingerprint density at radius 2 is 1.85 bits per heavy atom. The second-order valence-corrected chi connectivity index (χ2v) is 13.5. The van der Waals surface area contributed by atoms with Gasteiger partial charge in [-0.2, -0.15) is 0 Å². The average Bonchev–Trinajstić information content (AvgIpc) is 3.12. The van der Waals surface area contributed by atoms with Crippen LogP contribution in [0, 0.1) is 0 Å². The molecule has 1 unspecified atom stereocenters. The number of H-pyrrole nitrogens is 1. The molecule has 0 saturated heterocycles. The Labute approximate surface area is 166 Å². The molecule has 0 aliphatic carbocycles. The second-order valence-electron chi connectivity index (χ2n) is 7.29. The SMILES string of the molecule is CC(C[As](C)C)c1ccc(-c2c(O)ccc3[nH]c(=O)c4sccc4c23)cc1. The molecule has 4 rings (SSSR count). The van der Waals surface area contributed by atoms with Crippen LogP contribution >= 0.6 is 11.3 Å². The van der Waals surface area contributed by atoms with Crippen LogP contribution in [0.3, 0.4) is 0 Å². The Kier molecular flexibility index (Phi) is 4.88. The van der Waals surface area contributed by atoms with Crippen LogP contribution in [0.15, 0.2) is 52.6 Å². The molecule has 2 aromatic heterocycles. The van der Waals surface area contributed by atoms with Crippen LogP contribution in [0.4, 0.5) is 0 Å². The van der Waals surface area contributed by atoms with E-state index in [1.165, 1.54) is 22.1 Å². The van der Waals surface area contributed by atoms with Gasteiger partial charge in [-0.15, -0.1) is 0 Å². The Balaban J connectivity index is 1.90. The molecular weight excluding hydrogens is 417 g/mol. The molecule has 2 heterocycles. The molecule has 2 N–H and O–H groups in total. The van der Waals surface area contributed by atoms with E-state index in [2.05, 4.69) is 47.6 Å². The van der Waals surface area contributed by atoms with E-state index in [0.29, 0.717) is 10.6 Å². The van der Waals surface area contributed by atoms with Gasteiger partial charge in [0.05, 0.1) is 0 Å². The molecule has 4 aromatic rings. The normalized spacial score (nSPS) is 12.9. The van der Waals surface area contributed by atoms with E-state index in [1.54, 1.807) is 12.1 Å². The molecule has 1 atom stereocenters. The molecule has 0 amide bonds. The summed E-state index contributed by atoms with van der Waals surface area (Å²) in [7, 11) is 0. The van der Waals surface area contributed by atoms with Crippen LogP contribution in [-0.2, 0) is 0 Å². The predicted octanol–water partition coefficient (Wildman–Crippen LogP) is 5.97. The number of aromatic amines is 1. The number of aromatic nitrogens is 1. The van der Waals surface area contributed by atoms with E-state index < -0.39 is 14.7 Å². The van der Waals surface area contributed by atoms with Gasteiger partial charge in [-0.25, -0.2) is 0 Å². The summed E-state index contributed by atoms with van der Waals surface area (Å²) in [5.41, 5.74) is 8.54. The molecule has 3 nitrogen and oxygen atoms in total. The van der Waals surface area contributed by atoms with Crippen molar-refractivity contribution in [2.24, 2.45) is 0 Å². The van der Waals surface area contributed by atoms with E-state index in [-0.39, 0.29) is 11.3 Å². The summed E-state index contributed by atoms with van der Waals surface area (Å²) in [6, 6.07) is 13.9. The zero-order chi connectivity index (χ0) is 19.1. The van der Waals surface area contributed by atoms with Crippen molar-refractivity contribution in [2.75, 3.05) is 0 Å². The number of hydrogen-bond donors (Lipinski definition) is 2. The minimum absolute atomic E-state index is 0.0774. The van der Waals surface area contributed by atoms with Gasteiger partial charge in [0, 0.05) is 0 Å². The summed E-state index contributed by atoms with van der Waals surface area (Å²) < 4.78 is 0.696. The Hall–Kier alpha value is -2.03. The standard InChI is InChI=1S/C22H22AsNO2S/c1-13(12-23(2)3)14-4-6-15(7-5-14)19-18(25)9-8-17-20(19)16-10-11-27-21(16)22(26)24-17/h4-11,13,25H,12H2,1-3H3,(H,24,26). The molecule has 2 aromatic carbocycles. The number of benzene rings is 2. The number of rotatable bonds is 4. The molecule has 0 radical (unpaired) electrons. The first-order valence-corrected chi connectivity index (χ1v) is 14.9. The van der Waals surface area contributed by atoms with Crippen molar-refractivity contribution < 1.29 is 5.11 Å². The van der Waals surface area contributed by atoms with Crippen molar-refractivity contribution >= 4 is 47.0 Å². The third-order valence-electron chi connectivity index (χ3n) is 4.98. The van der Waals surface area contributed by atoms with Crippen molar-refractivity contribution in [2.45, 2.75) is 29.5 Å². The summed E-state index contributed by atoms with van der Waals surface area (Å²) in [4.78, 5) is 15.2. The molecule has 0 saturated carbocycles. The van der Waals surface area contributed by atoms with Crippen LogP contribution in [0.1, 0.15) is 18.4 Å². The van der Waals surface area contributed by atoms with E-state index in [9.17, 15) is 9.90 Å². The number of hydrogen-bond acceptors (Lipinski definition) is 3. The number of nitrogens with one attached hydrogen (secondary N) is 1. The summed E-state index contributed by atoms with van der Waals surface area (Å²) in [6.45, 7) is 2.29. The quantitative estimate of drug-likeness (QED) is 0.385. The monoisotopic (exact) mass is 439 g/mol. The Morgan fingerprint density at radius 1 is 1.11 bits per heavy atom. The van der Waals surface area contributed by atoms with Crippen LogP contribution in [0.25, 0.3) is 32.1 Å². The Bertz CT molecular complexity index is 1170. The van der Waals surface area contributed by atoms with Gasteiger partial charge in [-0.05, 0) is 0 Å². The van der Waals surface area contributed by atoms with Gasteiger partial charge in [-0.3, -0.25) is 0 Å². The van der Waals surface area contributed by atoms with E-state index >= 15 is 0 Å². The molecule has 0 fully saturated rings. The van der Waals surface area contributed by atoms with Gasteiger partial charge in [0.1, 0.15) is 0 Å². The fourth-order valence-electron chi connectivity index (χ4n) is 3.76. The van der Waals surface area contributed by atoms with Crippen LogP contribution < -0.4 is 5.56 Å². The molecule has 27 heavy (non-hydrogen) atoms. The predicted molar refractivity (Wildman–Crippen MR) is 118 cm³/mol. The first-order valence-electron chi connectivity index (χ1n) is 8.96. The minimum atomic E-state index is -0.673. The van der Waals surface area contributed by atoms with Crippen molar-refractivity contribution in [3.05, 3.63) is 63.8 Å². The topological polar surface area (TPSA) is 53.1 Å². The molecule has 0 aliphatic heterocycles. The fraction of sp³-hybridized carbons (Fsp3) is 0.227. The third kappa shape index (κ3) is 3.33. The van der Waals surface area contributed by atoms with E-state index in [4.69, 9.17) is 0 Å². The number of thiophene rings is 1. The molecule has 0 spiro atoms. The maximum atomic E-state index is 12.3. The van der Waals surface area contributed by atoms with Crippen molar-refractivity contribution in [1.29, 1.82) is 0 Å². The summed E-state index contributed by atoms with van der Waals surface area (Å²) in [5, 5.41) is 15.7. The second kappa shape index (κ2) is 7.18. The number of aromatic hydroxyl groups is 1. The van der Waals surface area contributed by atoms with Crippen molar-refractivity contribution in [3.8, 4) is 16.9 Å². The summed E-state index contributed by atoms with van der Waals surface area (Å²) >= 11 is 0.756. The molecule has 5 heteroatoms. The van der Waals surface area contributed by atoms with Gasteiger partial charge in [0.2, 0.25) is 0 Å². The molecule has 0 aliphatic rings. The average molecular weight is 439 g/mol.